The van der Waals surface area contributed by atoms with Gasteiger partial charge >= 0.3 is 5.97 Å². The summed E-state index contributed by atoms with van der Waals surface area (Å²) in [5.74, 6) is 1.36. The molecule has 0 spiro atoms. The molecule has 2 aromatic heterocycles. The largest absolute Gasteiger partial charge is 0.462 e. The van der Waals surface area contributed by atoms with Gasteiger partial charge in [-0.2, -0.15) is 0 Å². The van der Waals surface area contributed by atoms with Crippen LogP contribution < -0.4 is 5.32 Å². The molecule has 1 fully saturated rings. The van der Waals surface area contributed by atoms with Crippen LogP contribution in [0.2, 0.25) is 0 Å². The maximum absolute atomic E-state index is 12.4. The topological polar surface area (TPSA) is 64.1 Å². The summed E-state index contributed by atoms with van der Waals surface area (Å²) in [5, 5.41) is 4.64. The molecule has 4 rings (SSSR count). The van der Waals surface area contributed by atoms with Gasteiger partial charge in [0.2, 0.25) is 0 Å². The van der Waals surface area contributed by atoms with Crippen LogP contribution in [0.1, 0.15) is 65.7 Å². The third-order valence-electron chi connectivity index (χ3n) is 5.45. The summed E-state index contributed by atoms with van der Waals surface area (Å²) >= 11 is 1.41. The fourth-order valence-electron chi connectivity index (χ4n) is 3.98. The second-order valence-electron chi connectivity index (χ2n) is 7.59. The molecule has 0 atom stereocenters. The molecule has 1 aliphatic rings. The van der Waals surface area contributed by atoms with Gasteiger partial charge in [-0.3, -0.25) is 0 Å². The van der Waals surface area contributed by atoms with E-state index in [1.54, 1.807) is 0 Å². The van der Waals surface area contributed by atoms with Crippen molar-refractivity contribution in [3.05, 3.63) is 52.2 Å². The van der Waals surface area contributed by atoms with Gasteiger partial charge in [-0.15, -0.1) is 11.3 Å². The van der Waals surface area contributed by atoms with E-state index in [-0.39, 0.29) is 5.97 Å². The molecule has 2 heterocycles. The number of hydrogen-bond donors (Lipinski definition) is 1. The zero-order valence-electron chi connectivity index (χ0n) is 17.0. The standard InChI is InChI=1S/C23H27N3O2S/c1-3-28-23(27)20-15(2)19-21(24-17-12-8-5-9-13-17)25-18(26-22(19)29-20)14-16-10-6-4-7-11-16/h4,6-7,10-11,17H,3,5,8-9,12-14H2,1-2H3,(H,24,25,26). The van der Waals surface area contributed by atoms with Crippen LogP contribution in [0, 0.1) is 6.92 Å². The number of fused-ring (bicyclic) bond motifs is 1. The van der Waals surface area contributed by atoms with Crippen molar-refractivity contribution in [1.82, 2.24) is 9.97 Å². The predicted octanol–water partition coefficient (Wildman–Crippen LogP) is 5.51. The molecule has 0 bridgehead atoms. The van der Waals surface area contributed by atoms with Crippen LogP contribution in [0.4, 0.5) is 5.82 Å². The molecule has 152 valence electrons. The van der Waals surface area contributed by atoms with Gasteiger partial charge in [-0.25, -0.2) is 14.8 Å². The van der Waals surface area contributed by atoms with Crippen molar-refractivity contribution in [1.29, 1.82) is 0 Å². The molecule has 0 unspecified atom stereocenters. The Labute approximate surface area is 175 Å². The summed E-state index contributed by atoms with van der Waals surface area (Å²) in [7, 11) is 0. The Morgan fingerprint density at radius 3 is 2.66 bits per heavy atom. The van der Waals surface area contributed by atoms with E-state index in [9.17, 15) is 4.79 Å². The van der Waals surface area contributed by atoms with Crippen molar-refractivity contribution in [3.63, 3.8) is 0 Å². The third kappa shape index (κ3) is 4.42. The molecule has 1 aromatic carbocycles. The van der Waals surface area contributed by atoms with E-state index in [4.69, 9.17) is 14.7 Å². The van der Waals surface area contributed by atoms with Gasteiger partial charge in [-0.05, 0) is 37.8 Å². The van der Waals surface area contributed by atoms with E-state index in [0.29, 0.717) is 23.9 Å². The average molecular weight is 410 g/mol. The first-order valence-corrected chi connectivity index (χ1v) is 11.2. The Balaban J connectivity index is 1.75. The second-order valence-corrected chi connectivity index (χ2v) is 8.59. The van der Waals surface area contributed by atoms with Crippen LogP contribution in [0.3, 0.4) is 0 Å². The molecule has 1 saturated carbocycles. The summed E-state index contributed by atoms with van der Waals surface area (Å²) in [6, 6.07) is 10.7. The molecule has 1 N–H and O–H groups in total. The van der Waals surface area contributed by atoms with Gasteiger partial charge in [0, 0.05) is 12.5 Å². The first-order valence-electron chi connectivity index (χ1n) is 10.4. The van der Waals surface area contributed by atoms with Crippen LogP contribution in [0.25, 0.3) is 10.2 Å². The van der Waals surface area contributed by atoms with Crippen LogP contribution >= 0.6 is 11.3 Å². The van der Waals surface area contributed by atoms with E-state index < -0.39 is 0 Å². The lowest BCUT2D eigenvalue weighted by atomic mass is 9.95. The molecule has 5 nitrogen and oxygen atoms in total. The number of aromatic nitrogens is 2. The molecule has 0 radical (unpaired) electrons. The molecule has 1 aliphatic carbocycles. The van der Waals surface area contributed by atoms with Crippen molar-refractivity contribution in [2.75, 3.05) is 11.9 Å². The van der Waals surface area contributed by atoms with Gasteiger partial charge in [0.05, 0.1) is 12.0 Å². The Kier molecular flexibility index (Phi) is 6.09. The van der Waals surface area contributed by atoms with Crippen LogP contribution in [0.5, 0.6) is 0 Å². The first kappa shape index (κ1) is 19.8. The highest BCUT2D eigenvalue weighted by Crippen LogP contribution is 2.35. The molecule has 6 heteroatoms. The number of hydrogen-bond acceptors (Lipinski definition) is 6. The van der Waals surface area contributed by atoms with Gasteiger partial charge in [0.1, 0.15) is 21.3 Å². The fraction of sp³-hybridized carbons (Fsp3) is 0.435. The fourth-order valence-corrected chi connectivity index (χ4v) is 5.07. The Morgan fingerprint density at radius 2 is 1.93 bits per heavy atom. The van der Waals surface area contributed by atoms with Crippen molar-refractivity contribution < 1.29 is 9.53 Å². The summed E-state index contributed by atoms with van der Waals surface area (Å²) in [4.78, 5) is 23.6. The number of ether oxygens (including phenoxy) is 1. The number of thiophene rings is 1. The first-order chi connectivity index (χ1) is 14.2. The van der Waals surface area contributed by atoms with E-state index in [0.717, 1.165) is 40.3 Å². The quantitative estimate of drug-likeness (QED) is 0.544. The maximum atomic E-state index is 12.4. The second kappa shape index (κ2) is 8.91. The number of carbonyl (C=O) groups excluding carboxylic acids is 1. The van der Waals surface area contributed by atoms with Crippen LogP contribution in [-0.2, 0) is 11.2 Å². The van der Waals surface area contributed by atoms with Crippen molar-refractivity contribution in [2.24, 2.45) is 0 Å². The van der Waals surface area contributed by atoms with Crippen LogP contribution in [0.15, 0.2) is 30.3 Å². The number of benzene rings is 1. The molecule has 0 aliphatic heterocycles. The monoisotopic (exact) mass is 409 g/mol. The number of rotatable bonds is 6. The molecule has 0 amide bonds. The summed E-state index contributed by atoms with van der Waals surface area (Å²) in [6.45, 7) is 4.16. The minimum atomic E-state index is -0.277. The number of aryl methyl sites for hydroxylation is 1. The van der Waals surface area contributed by atoms with Crippen molar-refractivity contribution in [2.45, 2.75) is 58.4 Å². The van der Waals surface area contributed by atoms with Crippen molar-refractivity contribution in [3.8, 4) is 0 Å². The average Bonchev–Trinajstić information content (AvgIpc) is 3.06. The molecular weight excluding hydrogens is 382 g/mol. The van der Waals surface area contributed by atoms with E-state index >= 15 is 0 Å². The zero-order chi connectivity index (χ0) is 20.2. The maximum Gasteiger partial charge on any atom is 0.348 e. The highest BCUT2D eigenvalue weighted by Gasteiger charge is 2.23. The zero-order valence-corrected chi connectivity index (χ0v) is 17.8. The van der Waals surface area contributed by atoms with Gasteiger partial charge in [0.25, 0.3) is 0 Å². The number of esters is 1. The normalized spacial score (nSPS) is 14.8. The molecule has 0 saturated heterocycles. The van der Waals surface area contributed by atoms with Crippen LogP contribution in [-0.4, -0.2) is 28.6 Å². The third-order valence-corrected chi connectivity index (χ3v) is 6.61. The lowest BCUT2D eigenvalue weighted by molar-refractivity contribution is 0.0531. The number of anilines is 1. The highest BCUT2D eigenvalue weighted by atomic mass is 32.1. The molecule has 29 heavy (non-hydrogen) atoms. The number of nitrogens with zero attached hydrogens (tertiary/aromatic N) is 2. The minimum absolute atomic E-state index is 0.277. The Hall–Kier alpha value is -2.47. The summed E-state index contributed by atoms with van der Waals surface area (Å²) in [6.07, 6.45) is 6.79. The van der Waals surface area contributed by atoms with Crippen molar-refractivity contribution >= 4 is 33.3 Å². The SMILES string of the molecule is CCOC(=O)c1sc2nc(Cc3ccccc3)nc(NC3CCCCC3)c2c1C. The lowest BCUT2D eigenvalue weighted by Crippen LogP contribution is -2.23. The van der Waals surface area contributed by atoms with Gasteiger partial charge < -0.3 is 10.1 Å². The number of nitrogens with one attached hydrogen (secondary N) is 1. The minimum Gasteiger partial charge on any atom is -0.462 e. The van der Waals surface area contributed by atoms with E-state index in [2.05, 4.69) is 17.4 Å². The summed E-state index contributed by atoms with van der Waals surface area (Å²) in [5.41, 5.74) is 2.09. The van der Waals surface area contributed by atoms with Gasteiger partial charge in [0.15, 0.2) is 0 Å². The molecule has 3 aromatic rings. The lowest BCUT2D eigenvalue weighted by Gasteiger charge is -2.24. The molecular formula is C23H27N3O2S. The number of carbonyl (C=O) groups is 1. The predicted molar refractivity (Wildman–Crippen MR) is 118 cm³/mol. The van der Waals surface area contributed by atoms with E-state index in [1.807, 2.05) is 32.0 Å². The van der Waals surface area contributed by atoms with Gasteiger partial charge in [-0.1, -0.05) is 49.6 Å². The Morgan fingerprint density at radius 1 is 1.17 bits per heavy atom. The Bertz CT molecular complexity index is 994. The van der Waals surface area contributed by atoms with E-state index in [1.165, 1.54) is 36.2 Å². The smallest absolute Gasteiger partial charge is 0.348 e. The highest BCUT2D eigenvalue weighted by molar-refractivity contribution is 7.20. The summed E-state index contributed by atoms with van der Waals surface area (Å²) < 4.78 is 5.26.